The minimum atomic E-state index is -0.436. The van der Waals surface area contributed by atoms with Crippen molar-refractivity contribution in [3.8, 4) is 0 Å². The van der Waals surface area contributed by atoms with Crippen molar-refractivity contribution in [1.82, 2.24) is 4.90 Å². The summed E-state index contributed by atoms with van der Waals surface area (Å²) in [5.41, 5.74) is 0.795. The van der Waals surface area contributed by atoms with Gasteiger partial charge in [-0.2, -0.15) is 0 Å². The summed E-state index contributed by atoms with van der Waals surface area (Å²) in [6.07, 6.45) is 3.82. The first-order chi connectivity index (χ1) is 10.1. The molecule has 1 fully saturated rings. The van der Waals surface area contributed by atoms with Crippen LogP contribution >= 0.6 is 15.9 Å². The third-order valence-electron chi connectivity index (χ3n) is 3.53. The van der Waals surface area contributed by atoms with Crippen molar-refractivity contribution in [2.45, 2.75) is 25.7 Å². The molecule has 1 aromatic carbocycles. The van der Waals surface area contributed by atoms with E-state index in [1.54, 1.807) is 6.07 Å². The summed E-state index contributed by atoms with van der Waals surface area (Å²) in [5, 5.41) is 13.8. The molecule has 1 heterocycles. The topological polar surface area (TPSA) is 75.5 Å². The maximum atomic E-state index is 12.0. The number of nitrogens with one attached hydrogen (secondary N) is 1. The highest BCUT2D eigenvalue weighted by Crippen LogP contribution is 2.27. The van der Waals surface area contributed by atoms with Crippen molar-refractivity contribution in [3.05, 3.63) is 32.8 Å². The normalized spacial score (nSPS) is 14.8. The zero-order valence-corrected chi connectivity index (χ0v) is 13.3. The summed E-state index contributed by atoms with van der Waals surface area (Å²) in [7, 11) is 0. The number of likely N-dealkylation sites (tertiary alicyclic amines) is 1. The summed E-state index contributed by atoms with van der Waals surface area (Å²) in [5.74, 6) is 0.167. The molecule has 6 nitrogen and oxygen atoms in total. The number of piperidine rings is 1. The summed E-state index contributed by atoms with van der Waals surface area (Å²) in [6, 6.07) is 4.54. The van der Waals surface area contributed by atoms with Gasteiger partial charge in [-0.3, -0.25) is 14.9 Å². The van der Waals surface area contributed by atoms with Gasteiger partial charge in [0.05, 0.1) is 4.92 Å². The number of hydrogen-bond donors (Lipinski definition) is 1. The van der Waals surface area contributed by atoms with Crippen LogP contribution in [-0.4, -0.2) is 35.4 Å². The van der Waals surface area contributed by atoms with Gasteiger partial charge in [-0.1, -0.05) is 0 Å². The Kier molecular flexibility index (Phi) is 5.55. The number of hydrogen-bond acceptors (Lipinski definition) is 4. The van der Waals surface area contributed by atoms with E-state index in [9.17, 15) is 14.9 Å². The van der Waals surface area contributed by atoms with E-state index in [1.807, 2.05) is 4.90 Å². The first kappa shape index (κ1) is 15.8. The van der Waals surface area contributed by atoms with E-state index in [4.69, 9.17) is 0 Å². The Morgan fingerprint density at radius 1 is 1.33 bits per heavy atom. The number of benzene rings is 1. The zero-order valence-electron chi connectivity index (χ0n) is 11.7. The quantitative estimate of drug-likeness (QED) is 0.650. The van der Waals surface area contributed by atoms with Crippen molar-refractivity contribution in [1.29, 1.82) is 0 Å². The number of amides is 1. The summed E-state index contributed by atoms with van der Waals surface area (Å²) in [6.45, 7) is 2.24. The number of carbonyl (C=O) groups is 1. The van der Waals surface area contributed by atoms with Crippen molar-refractivity contribution in [2.75, 3.05) is 25.0 Å². The van der Waals surface area contributed by atoms with Crippen LogP contribution in [0.4, 0.5) is 11.4 Å². The van der Waals surface area contributed by atoms with Gasteiger partial charge in [-0.25, -0.2) is 0 Å². The maximum absolute atomic E-state index is 12.0. The molecule has 1 N–H and O–H groups in total. The SMILES string of the molecule is O=C(CCNc1ccc([N+](=O)[O-])cc1Br)N1CCCCC1. The third-order valence-corrected chi connectivity index (χ3v) is 4.18. The van der Waals surface area contributed by atoms with E-state index >= 15 is 0 Å². The Bertz CT molecular complexity index is 530. The van der Waals surface area contributed by atoms with Gasteiger partial charge in [-0.15, -0.1) is 0 Å². The zero-order chi connectivity index (χ0) is 15.2. The molecule has 114 valence electrons. The number of nitrogens with zero attached hydrogens (tertiary/aromatic N) is 2. The molecule has 0 atom stereocenters. The molecule has 0 spiro atoms. The van der Waals surface area contributed by atoms with Gasteiger partial charge in [0, 0.05) is 48.3 Å². The molecule has 1 aliphatic heterocycles. The fourth-order valence-corrected chi connectivity index (χ4v) is 2.87. The molecule has 1 aliphatic rings. The summed E-state index contributed by atoms with van der Waals surface area (Å²) >= 11 is 3.30. The van der Waals surface area contributed by atoms with Gasteiger partial charge in [0.25, 0.3) is 5.69 Å². The largest absolute Gasteiger partial charge is 0.384 e. The summed E-state index contributed by atoms with van der Waals surface area (Å²) < 4.78 is 0.627. The highest BCUT2D eigenvalue weighted by atomic mass is 79.9. The predicted octanol–water partition coefficient (Wildman–Crippen LogP) is 3.17. The van der Waals surface area contributed by atoms with Crippen LogP contribution in [0.5, 0.6) is 0 Å². The second kappa shape index (κ2) is 7.40. The molecule has 0 saturated carbocycles. The number of nitro groups is 1. The lowest BCUT2D eigenvalue weighted by atomic mass is 10.1. The smallest absolute Gasteiger partial charge is 0.270 e. The highest BCUT2D eigenvalue weighted by molar-refractivity contribution is 9.10. The monoisotopic (exact) mass is 355 g/mol. The van der Waals surface area contributed by atoms with Crippen LogP contribution in [0.15, 0.2) is 22.7 Å². The minimum Gasteiger partial charge on any atom is -0.384 e. The van der Waals surface area contributed by atoms with Crippen LogP contribution in [0, 0.1) is 10.1 Å². The van der Waals surface area contributed by atoms with Crippen LogP contribution in [0.25, 0.3) is 0 Å². The van der Waals surface area contributed by atoms with Gasteiger partial charge < -0.3 is 10.2 Å². The Balaban J connectivity index is 1.83. The van der Waals surface area contributed by atoms with Gasteiger partial charge in [-0.05, 0) is 41.3 Å². The number of halogens is 1. The number of non-ortho nitro benzene ring substituents is 1. The van der Waals surface area contributed by atoms with E-state index < -0.39 is 4.92 Å². The van der Waals surface area contributed by atoms with Crippen LogP contribution in [0.3, 0.4) is 0 Å². The number of rotatable bonds is 5. The van der Waals surface area contributed by atoms with Crippen LogP contribution in [-0.2, 0) is 4.79 Å². The first-order valence-corrected chi connectivity index (χ1v) is 7.83. The average molecular weight is 356 g/mol. The Hall–Kier alpha value is -1.63. The lowest BCUT2D eigenvalue weighted by Gasteiger charge is -2.26. The van der Waals surface area contributed by atoms with Crippen LogP contribution in [0.2, 0.25) is 0 Å². The predicted molar refractivity (Wildman–Crippen MR) is 84.3 cm³/mol. The van der Waals surface area contributed by atoms with Gasteiger partial charge in [0.2, 0.25) is 5.91 Å². The maximum Gasteiger partial charge on any atom is 0.270 e. The molecule has 0 radical (unpaired) electrons. The fourth-order valence-electron chi connectivity index (χ4n) is 2.37. The second-order valence-corrected chi connectivity index (χ2v) is 5.89. The van der Waals surface area contributed by atoms with E-state index in [0.717, 1.165) is 31.6 Å². The Morgan fingerprint density at radius 3 is 2.67 bits per heavy atom. The molecule has 2 rings (SSSR count). The van der Waals surface area contributed by atoms with Gasteiger partial charge in [0.15, 0.2) is 0 Å². The lowest BCUT2D eigenvalue weighted by Crippen LogP contribution is -2.36. The van der Waals surface area contributed by atoms with Crippen molar-refractivity contribution in [3.63, 3.8) is 0 Å². The minimum absolute atomic E-state index is 0.0387. The molecule has 0 aliphatic carbocycles. The molecular weight excluding hydrogens is 338 g/mol. The van der Waals surface area contributed by atoms with E-state index in [2.05, 4.69) is 21.2 Å². The molecule has 7 heteroatoms. The number of anilines is 1. The third kappa shape index (κ3) is 4.42. The molecule has 0 aromatic heterocycles. The van der Waals surface area contributed by atoms with E-state index in [1.165, 1.54) is 18.6 Å². The second-order valence-electron chi connectivity index (χ2n) is 5.04. The van der Waals surface area contributed by atoms with Crippen molar-refractivity contribution >= 4 is 33.2 Å². The molecule has 0 unspecified atom stereocenters. The van der Waals surface area contributed by atoms with Gasteiger partial charge in [0.1, 0.15) is 0 Å². The number of nitro benzene ring substituents is 1. The molecule has 1 saturated heterocycles. The molecular formula is C14H18BrN3O3. The number of carbonyl (C=O) groups excluding carboxylic acids is 1. The molecule has 1 aromatic rings. The average Bonchev–Trinajstić information content (AvgIpc) is 2.49. The lowest BCUT2D eigenvalue weighted by molar-refractivity contribution is -0.384. The molecule has 21 heavy (non-hydrogen) atoms. The van der Waals surface area contributed by atoms with E-state index in [0.29, 0.717) is 17.4 Å². The van der Waals surface area contributed by atoms with E-state index in [-0.39, 0.29) is 11.6 Å². The van der Waals surface area contributed by atoms with Crippen molar-refractivity contribution in [2.24, 2.45) is 0 Å². The Labute approximate surface area is 131 Å². The van der Waals surface area contributed by atoms with Crippen LogP contribution in [0.1, 0.15) is 25.7 Å². The van der Waals surface area contributed by atoms with Crippen molar-refractivity contribution < 1.29 is 9.72 Å². The Morgan fingerprint density at radius 2 is 2.05 bits per heavy atom. The standard InChI is InChI=1S/C14H18BrN3O3/c15-12-10-11(18(20)21)4-5-13(12)16-7-6-14(19)17-8-2-1-3-9-17/h4-5,10,16H,1-3,6-9H2. The molecule has 1 amide bonds. The van der Waals surface area contributed by atoms with Gasteiger partial charge >= 0.3 is 0 Å². The van der Waals surface area contributed by atoms with Crippen LogP contribution < -0.4 is 5.32 Å². The molecule has 0 bridgehead atoms. The fraction of sp³-hybridized carbons (Fsp3) is 0.500. The first-order valence-electron chi connectivity index (χ1n) is 7.03. The summed E-state index contributed by atoms with van der Waals surface area (Å²) in [4.78, 5) is 24.1. The highest BCUT2D eigenvalue weighted by Gasteiger charge is 2.16.